The fourth-order valence-electron chi connectivity index (χ4n) is 3.14. The highest BCUT2D eigenvalue weighted by Crippen LogP contribution is 2.34. The highest BCUT2D eigenvalue weighted by molar-refractivity contribution is 5.68. The van der Waals surface area contributed by atoms with Crippen molar-refractivity contribution in [3.63, 3.8) is 0 Å². The lowest BCUT2D eigenvalue weighted by molar-refractivity contribution is 0.278. The Hall–Kier alpha value is -1.41. The molecule has 0 radical (unpaired) electrons. The first-order valence-corrected chi connectivity index (χ1v) is 6.87. The summed E-state index contributed by atoms with van der Waals surface area (Å²) in [5.41, 5.74) is 3.81. The maximum absolute atomic E-state index is 4.30. The quantitative estimate of drug-likeness (QED) is 0.858. The molecule has 0 saturated carbocycles. The van der Waals surface area contributed by atoms with Crippen LogP contribution in [0.3, 0.4) is 0 Å². The maximum atomic E-state index is 4.30. The monoisotopic (exact) mass is 240 g/mol. The molecule has 0 spiro atoms. The second-order valence-electron chi connectivity index (χ2n) is 5.34. The van der Waals surface area contributed by atoms with E-state index in [4.69, 9.17) is 0 Å². The van der Waals surface area contributed by atoms with Crippen LogP contribution >= 0.6 is 0 Å². The molecule has 2 aliphatic rings. The Morgan fingerprint density at radius 1 is 1.39 bits per heavy atom. The van der Waals surface area contributed by atoms with Crippen LogP contribution in [0.1, 0.15) is 36.8 Å². The van der Waals surface area contributed by atoms with Crippen LogP contribution in [0, 0.1) is 5.92 Å². The molecule has 1 aromatic heterocycles. The van der Waals surface area contributed by atoms with Gasteiger partial charge in [0.15, 0.2) is 0 Å². The van der Waals surface area contributed by atoms with Gasteiger partial charge in [-0.25, -0.2) is 0 Å². The van der Waals surface area contributed by atoms with E-state index >= 15 is 0 Å². The molecule has 2 nitrogen and oxygen atoms in total. The Balaban J connectivity index is 1.83. The van der Waals surface area contributed by atoms with E-state index in [2.05, 4.69) is 29.0 Å². The summed E-state index contributed by atoms with van der Waals surface area (Å²) < 4.78 is 0. The Kier molecular flexibility index (Phi) is 3.28. The first kappa shape index (κ1) is 11.7. The summed E-state index contributed by atoms with van der Waals surface area (Å²) in [7, 11) is 0. The van der Waals surface area contributed by atoms with E-state index in [1.165, 1.54) is 36.9 Å². The van der Waals surface area contributed by atoms with Crippen molar-refractivity contribution in [2.75, 3.05) is 6.54 Å². The van der Waals surface area contributed by atoms with Gasteiger partial charge in [-0.2, -0.15) is 0 Å². The molecule has 1 saturated heterocycles. The van der Waals surface area contributed by atoms with Gasteiger partial charge in [0.05, 0.1) is 0 Å². The van der Waals surface area contributed by atoms with Crippen LogP contribution in [0.4, 0.5) is 0 Å². The molecule has 94 valence electrons. The molecule has 1 fully saturated rings. The number of nitrogens with one attached hydrogen (secondary N) is 1. The average molecular weight is 240 g/mol. The van der Waals surface area contributed by atoms with Crippen molar-refractivity contribution >= 4 is 11.6 Å². The lowest BCUT2D eigenvalue weighted by Gasteiger charge is -2.36. The number of pyridine rings is 1. The zero-order valence-electron chi connectivity index (χ0n) is 10.7. The van der Waals surface area contributed by atoms with Crippen molar-refractivity contribution in [2.24, 2.45) is 5.92 Å². The number of aromatic nitrogens is 1. The van der Waals surface area contributed by atoms with E-state index < -0.39 is 0 Å². The van der Waals surface area contributed by atoms with Gasteiger partial charge < -0.3 is 5.32 Å². The molecule has 0 aromatic carbocycles. The Labute approximate surface area is 109 Å². The summed E-state index contributed by atoms with van der Waals surface area (Å²) >= 11 is 0. The molecular weight excluding hydrogens is 220 g/mol. The second kappa shape index (κ2) is 5.07. The summed E-state index contributed by atoms with van der Waals surface area (Å²) in [5.74, 6) is 0.845. The molecule has 2 heterocycles. The molecule has 3 rings (SSSR count). The number of nitrogens with zero attached hydrogens (tertiary/aromatic N) is 1. The Morgan fingerprint density at radius 2 is 2.33 bits per heavy atom. The van der Waals surface area contributed by atoms with Crippen molar-refractivity contribution < 1.29 is 0 Å². The van der Waals surface area contributed by atoms with E-state index in [0.717, 1.165) is 17.9 Å². The molecule has 0 amide bonds. The molecule has 1 N–H and O–H groups in total. The Morgan fingerprint density at radius 3 is 3.22 bits per heavy atom. The summed E-state index contributed by atoms with van der Waals surface area (Å²) in [6, 6.07) is 2.86. The third-order valence-corrected chi connectivity index (χ3v) is 4.20. The number of fused-ring (bicyclic) bond motifs is 1. The van der Waals surface area contributed by atoms with Gasteiger partial charge >= 0.3 is 0 Å². The van der Waals surface area contributed by atoms with Crippen molar-refractivity contribution in [1.29, 1.82) is 0 Å². The van der Waals surface area contributed by atoms with Crippen LogP contribution in [0.15, 0.2) is 31.1 Å². The summed E-state index contributed by atoms with van der Waals surface area (Å²) in [6.07, 6.45) is 13.2. The summed E-state index contributed by atoms with van der Waals surface area (Å²) in [4.78, 5) is 4.30. The van der Waals surface area contributed by atoms with Gasteiger partial charge in [-0.05, 0) is 60.9 Å². The first-order valence-electron chi connectivity index (χ1n) is 6.87. The smallest absolute Gasteiger partial charge is 0.0343 e. The molecule has 2 atom stereocenters. The lowest BCUT2D eigenvalue weighted by Crippen LogP contribution is -2.42. The van der Waals surface area contributed by atoms with Crippen molar-refractivity contribution in [1.82, 2.24) is 10.3 Å². The van der Waals surface area contributed by atoms with E-state index in [9.17, 15) is 0 Å². The van der Waals surface area contributed by atoms with Gasteiger partial charge in [-0.3, -0.25) is 4.98 Å². The predicted octanol–water partition coefficient (Wildman–Crippen LogP) is 3.27. The molecule has 0 bridgehead atoms. The van der Waals surface area contributed by atoms with Crippen LogP contribution in [-0.2, 0) is 0 Å². The number of hydrogen-bond acceptors (Lipinski definition) is 2. The lowest BCUT2D eigenvalue weighted by atomic mass is 9.78. The fourth-order valence-corrected chi connectivity index (χ4v) is 3.14. The highest BCUT2D eigenvalue weighted by Gasteiger charge is 2.28. The standard InChI is InChI=1S/C16H20N2/c1-2-12-8-15(11-17-10-12)14-6-5-13-4-3-7-18-16(13)9-14/h2,6,8,10-11,13,16,18H,1,3-5,7,9H2/t13-,16?/m0/s1. The third-order valence-electron chi connectivity index (χ3n) is 4.20. The van der Waals surface area contributed by atoms with Crippen molar-refractivity contribution in [3.05, 3.63) is 42.2 Å². The summed E-state index contributed by atoms with van der Waals surface area (Å²) in [5, 5.41) is 3.67. The van der Waals surface area contributed by atoms with Gasteiger partial charge in [-0.1, -0.05) is 18.7 Å². The number of hydrogen-bond donors (Lipinski definition) is 1. The number of piperidine rings is 1. The van der Waals surface area contributed by atoms with E-state index in [0.29, 0.717) is 6.04 Å². The van der Waals surface area contributed by atoms with Crippen molar-refractivity contribution in [3.8, 4) is 0 Å². The Bertz CT molecular complexity index is 476. The zero-order valence-corrected chi connectivity index (χ0v) is 10.7. The normalized spacial score (nSPS) is 27.2. The first-order chi connectivity index (χ1) is 8.86. The molecule has 1 aliphatic carbocycles. The van der Waals surface area contributed by atoms with Gasteiger partial charge in [-0.15, -0.1) is 0 Å². The zero-order chi connectivity index (χ0) is 12.4. The van der Waals surface area contributed by atoms with Crippen LogP contribution < -0.4 is 5.32 Å². The number of rotatable bonds is 2. The minimum absolute atomic E-state index is 0.672. The second-order valence-corrected chi connectivity index (χ2v) is 5.34. The van der Waals surface area contributed by atoms with E-state index in [-0.39, 0.29) is 0 Å². The van der Waals surface area contributed by atoms with Crippen LogP contribution in [-0.4, -0.2) is 17.6 Å². The van der Waals surface area contributed by atoms with Crippen LogP contribution in [0.25, 0.3) is 11.6 Å². The van der Waals surface area contributed by atoms with E-state index in [1.54, 1.807) is 0 Å². The van der Waals surface area contributed by atoms with Gasteiger partial charge in [0.25, 0.3) is 0 Å². The highest BCUT2D eigenvalue weighted by atomic mass is 14.9. The molecule has 2 heteroatoms. The molecule has 18 heavy (non-hydrogen) atoms. The molecule has 1 aromatic rings. The minimum atomic E-state index is 0.672. The van der Waals surface area contributed by atoms with Gasteiger partial charge in [0.2, 0.25) is 0 Å². The van der Waals surface area contributed by atoms with Crippen LogP contribution in [0.2, 0.25) is 0 Å². The van der Waals surface area contributed by atoms with Crippen LogP contribution in [0.5, 0.6) is 0 Å². The summed E-state index contributed by atoms with van der Waals surface area (Å²) in [6.45, 7) is 4.99. The SMILES string of the molecule is C=Cc1cncc(C2=CC[C@@H]3CCCNC3C2)c1. The van der Waals surface area contributed by atoms with Gasteiger partial charge in [0, 0.05) is 18.4 Å². The number of allylic oxidation sites excluding steroid dienone is 1. The molecule has 1 aliphatic heterocycles. The largest absolute Gasteiger partial charge is 0.313 e. The third kappa shape index (κ3) is 2.25. The topological polar surface area (TPSA) is 24.9 Å². The minimum Gasteiger partial charge on any atom is -0.313 e. The van der Waals surface area contributed by atoms with E-state index in [1.807, 2.05) is 18.5 Å². The average Bonchev–Trinajstić information content (AvgIpc) is 2.47. The van der Waals surface area contributed by atoms with Crippen molar-refractivity contribution in [2.45, 2.75) is 31.7 Å². The molecular formula is C16H20N2. The predicted molar refractivity (Wildman–Crippen MR) is 76.1 cm³/mol. The van der Waals surface area contributed by atoms with Gasteiger partial charge in [0.1, 0.15) is 0 Å². The molecule has 1 unspecified atom stereocenters. The maximum Gasteiger partial charge on any atom is 0.0343 e. The fraction of sp³-hybridized carbons (Fsp3) is 0.438.